The summed E-state index contributed by atoms with van der Waals surface area (Å²) in [5.74, 6) is 0.996. The van der Waals surface area contributed by atoms with E-state index in [0.29, 0.717) is 12.1 Å². The summed E-state index contributed by atoms with van der Waals surface area (Å²) in [4.78, 5) is 0. The fourth-order valence-corrected chi connectivity index (χ4v) is 2.09. The van der Waals surface area contributed by atoms with Crippen LogP contribution in [0, 0.1) is 6.92 Å². The Bertz CT molecular complexity index is 316. The molecule has 0 unspecified atom stereocenters. The van der Waals surface area contributed by atoms with E-state index in [9.17, 15) is 0 Å². The predicted molar refractivity (Wildman–Crippen MR) is 62.0 cm³/mol. The molecule has 1 fully saturated rings. The van der Waals surface area contributed by atoms with Gasteiger partial charge >= 0.3 is 0 Å². The second kappa shape index (κ2) is 4.67. The van der Waals surface area contributed by atoms with Gasteiger partial charge in [-0.25, -0.2) is 0 Å². The van der Waals surface area contributed by atoms with Crippen molar-refractivity contribution in [1.29, 1.82) is 0 Å². The van der Waals surface area contributed by atoms with Crippen molar-refractivity contribution >= 4 is 0 Å². The summed E-state index contributed by atoms with van der Waals surface area (Å²) >= 11 is 0. The van der Waals surface area contributed by atoms with E-state index < -0.39 is 0 Å². The second-order valence-electron chi connectivity index (χ2n) is 4.47. The summed E-state index contributed by atoms with van der Waals surface area (Å²) in [6, 6.07) is 8.64. The van der Waals surface area contributed by atoms with E-state index in [0.717, 1.165) is 31.4 Å². The minimum absolute atomic E-state index is 0.367. The topological polar surface area (TPSA) is 35.2 Å². The lowest BCUT2D eigenvalue weighted by Crippen LogP contribution is -2.31. The zero-order valence-electron chi connectivity index (χ0n) is 9.28. The molecule has 2 N–H and O–H groups in total. The molecule has 2 rings (SSSR count). The number of rotatable bonds is 2. The molecule has 0 bridgehead atoms. The fourth-order valence-electron chi connectivity index (χ4n) is 2.09. The Morgan fingerprint density at radius 2 is 1.93 bits per heavy atom. The third-order valence-corrected chi connectivity index (χ3v) is 3.01. The number of hydrogen-bond donors (Lipinski definition) is 1. The van der Waals surface area contributed by atoms with Gasteiger partial charge < -0.3 is 10.5 Å². The first-order valence-electron chi connectivity index (χ1n) is 5.73. The lowest BCUT2D eigenvalue weighted by atomic mass is 9.94. The van der Waals surface area contributed by atoms with Crippen LogP contribution in [0.5, 0.6) is 5.75 Å². The van der Waals surface area contributed by atoms with E-state index >= 15 is 0 Å². The number of hydrogen-bond acceptors (Lipinski definition) is 2. The maximum absolute atomic E-state index is 5.93. The van der Waals surface area contributed by atoms with Gasteiger partial charge in [-0.1, -0.05) is 12.1 Å². The van der Waals surface area contributed by atoms with Crippen LogP contribution in [0.25, 0.3) is 0 Å². The molecule has 1 aliphatic carbocycles. The van der Waals surface area contributed by atoms with Crippen LogP contribution < -0.4 is 10.5 Å². The van der Waals surface area contributed by atoms with Crippen molar-refractivity contribution in [2.45, 2.75) is 44.8 Å². The van der Waals surface area contributed by atoms with Crippen LogP contribution >= 0.6 is 0 Å². The molecule has 1 aromatic carbocycles. The zero-order valence-corrected chi connectivity index (χ0v) is 9.28. The number of ether oxygens (including phenoxy) is 1. The second-order valence-corrected chi connectivity index (χ2v) is 4.47. The molecule has 0 aromatic heterocycles. The van der Waals surface area contributed by atoms with Crippen LogP contribution in [0.3, 0.4) is 0 Å². The Balaban J connectivity index is 1.92. The molecule has 82 valence electrons. The van der Waals surface area contributed by atoms with Crippen molar-refractivity contribution in [2.24, 2.45) is 5.73 Å². The summed E-state index contributed by atoms with van der Waals surface area (Å²) < 4.78 is 5.93. The van der Waals surface area contributed by atoms with Crippen LogP contribution in [0.4, 0.5) is 0 Å². The van der Waals surface area contributed by atoms with Gasteiger partial charge in [0.05, 0.1) is 6.10 Å². The maximum Gasteiger partial charge on any atom is 0.119 e. The van der Waals surface area contributed by atoms with Crippen molar-refractivity contribution in [3.63, 3.8) is 0 Å². The molecule has 1 aliphatic rings. The largest absolute Gasteiger partial charge is 0.490 e. The SMILES string of the molecule is Cc1cccc(OC2CCC(N)CC2)c1. The molecule has 0 radical (unpaired) electrons. The molecule has 0 spiro atoms. The molecule has 15 heavy (non-hydrogen) atoms. The lowest BCUT2D eigenvalue weighted by molar-refractivity contribution is 0.147. The first-order chi connectivity index (χ1) is 7.24. The van der Waals surface area contributed by atoms with E-state index in [4.69, 9.17) is 10.5 Å². The lowest BCUT2D eigenvalue weighted by Gasteiger charge is -2.26. The van der Waals surface area contributed by atoms with Crippen molar-refractivity contribution < 1.29 is 4.74 Å². The standard InChI is InChI=1S/C13H19NO/c1-10-3-2-4-13(9-10)15-12-7-5-11(14)6-8-12/h2-4,9,11-12H,5-8,14H2,1H3. The van der Waals surface area contributed by atoms with E-state index in [2.05, 4.69) is 19.1 Å². The maximum atomic E-state index is 5.93. The van der Waals surface area contributed by atoms with Crippen molar-refractivity contribution in [2.75, 3.05) is 0 Å². The van der Waals surface area contributed by atoms with Crippen LogP contribution in [0.1, 0.15) is 31.2 Å². The third-order valence-electron chi connectivity index (χ3n) is 3.01. The van der Waals surface area contributed by atoms with Crippen molar-refractivity contribution in [1.82, 2.24) is 0 Å². The predicted octanol–water partition coefficient (Wildman–Crippen LogP) is 2.64. The zero-order chi connectivity index (χ0) is 10.7. The molecule has 2 nitrogen and oxygen atoms in total. The number of benzene rings is 1. The highest BCUT2D eigenvalue weighted by Gasteiger charge is 2.19. The summed E-state index contributed by atoms with van der Waals surface area (Å²) in [6.07, 6.45) is 4.74. The number of nitrogens with two attached hydrogens (primary N) is 1. The van der Waals surface area contributed by atoms with Gasteiger partial charge in [0.15, 0.2) is 0 Å². The molecule has 0 atom stereocenters. The highest BCUT2D eigenvalue weighted by atomic mass is 16.5. The Hall–Kier alpha value is -1.02. The van der Waals surface area contributed by atoms with Gasteiger partial charge in [-0.2, -0.15) is 0 Å². The van der Waals surface area contributed by atoms with Crippen LogP contribution in [0.15, 0.2) is 24.3 Å². The fraction of sp³-hybridized carbons (Fsp3) is 0.538. The highest BCUT2D eigenvalue weighted by Crippen LogP contribution is 2.23. The van der Waals surface area contributed by atoms with Gasteiger partial charge in [-0.05, 0) is 50.3 Å². The summed E-state index contributed by atoms with van der Waals surface area (Å²) in [7, 11) is 0. The molecule has 0 aliphatic heterocycles. The smallest absolute Gasteiger partial charge is 0.119 e. The molecule has 0 heterocycles. The molecule has 2 heteroatoms. The molecular weight excluding hydrogens is 186 g/mol. The summed E-state index contributed by atoms with van der Waals surface area (Å²) in [5, 5.41) is 0. The molecule has 0 amide bonds. The monoisotopic (exact) mass is 205 g/mol. The van der Waals surface area contributed by atoms with E-state index in [1.54, 1.807) is 0 Å². The highest BCUT2D eigenvalue weighted by molar-refractivity contribution is 5.27. The Morgan fingerprint density at radius 1 is 1.20 bits per heavy atom. The van der Waals surface area contributed by atoms with Crippen molar-refractivity contribution in [3.05, 3.63) is 29.8 Å². The molecule has 1 saturated carbocycles. The Kier molecular flexibility index (Phi) is 3.27. The van der Waals surface area contributed by atoms with Gasteiger partial charge in [0.1, 0.15) is 5.75 Å². The molecule has 0 saturated heterocycles. The normalized spacial score (nSPS) is 26.3. The van der Waals surface area contributed by atoms with Gasteiger partial charge in [0.25, 0.3) is 0 Å². The van der Waals surface area contributed by atoms with E-state index in [1.165, 1.54) is 5.56 Å². The minimum Gasteiger partial charge on any atom is -0.490 e. The number of aryl methyl sites for hydroxylation is 1. The first kappa shape index (κ1) is 10.5. The third kappa shape index (κ3) is 2.96. The van der Waals surface area contributed by atoms with E-state index in [-0.39, 0.29) is 0 Å². The average Bonchev–Trinajstić information content (AvgIpc) is 2.22. The summed E-state index contributed by atoms with van der Waals surface area (Å²) in [6.45, 7) is 2.09. The van der Waals surface area contributed by atoms with Crippen LogP contribution in [-0.4, -0.2) is 12.1 Å². The van der Waals surface area contributed by atoms with Gasteiger partial charge in [0, 0.05) is 6.04 Å². The first-order valence-corrected chi connectivity index (χ1v) is 5.73. The van der Waals surface area contributed by atoms with E-state index in [1.807, 2.05) is 12.1 Å². The summed E-state index contributed by atoms with van der Waals surface area (Å²) in [5.41, 5.74) is 7.11. The molecular formula is C13H19NO. The molecule has 1 aromatic rings. The minimum atomic E-state index is 0.367. The van der Waals surface area contributed by atoms with Gasteiger partial charge in [-0.3, -0.25) is 0 Å². The average molecular weight is 205 g/mol. The van der Waals surface area contributed by atoms with Crippen LogP contribution in [-0.2, 0) is 0 Å². The van der Waals surface area contributed by atoms with Crippen molar-refractivity contribution in [3.8, 4) is 5.75 Å². The quantitative estimate of drug-likeness (QED) is 0.805. The van der Waals surface area contributed by atoms with Gasteiger partial charge in [0.2, 0.25) is 0 Å². The Morgan fingerprint density at radius 3 is 2.60 bits per heavy atom. The van der Waals surface area contributed by atoms with Gasteiger partial charge in [-0.15, -0.1) is 0 Å². The Labute approximate surface area is 91.4 Å². The van der Waals surface area contributed by atoms with Crippen LogP contribution in [0.2, 0.25) is 0 Å².